The monoisotopic (exact) mass is 310 g/mol. The van der Waals surface area contributed by atoms with Crippen molar-refractivity contribution in [1.82, 2.24) is 0 Å². The lowest BCUT2D eigenvalue weighted by Gasteiger charge is -2.09. The van der Waals surface area contributed by atoms with Crippen molar-refractivity contribution in [3.63, 3.8) is 0 Å². The molecule has 0 atom stereocenters. The molecule has 0 bridgehead atoms. The van der Waals surface area contributed by atoms with E-state index >= 15 is 0 Å². The third-order valence-electron chi connectivity index (χ3n) is 3.49. The Kier molecular flexibility index (Phi) is 3.85. The molecule has 1 heterocycles. The van der Waals surface area contributed by atoms with Crippen LogP contribution in [-0.2, 0) is 4.74 Å². The minimum Gasteiger partial charge on any atom is -0.493 e. The van der Waals surface area contributed by atoms with Crippen LogP contribution in [0.4, 0.5) is 0 Å². The van der Waals surface area contributed by atoms with Gasteiger partial charge in [-0.05, 0) is 12.1 Å². The number of methoxy groups -OCH3 is 2. The molecule has 23 heavy (non-hydrogen) atoms. The van der Waals surface area contributed by atoms with Crippen LogP contribution in [-0.4, -0.2) is 20.2 Å². The summed E-state index contributed by atoms with van der Waals surface area (Å²) >= 11 is 0. The SMILES string of the molecule is COC(=O)c1cc(OC)c2oc(-c3ccccc3)cc(=O)c2c1. The van der Waals surface area contributed by atoms with E-state index in [0.717, 1.165) is 5.56 Å². The van der Waals surface area contributed by atoms with Crippen LogP contribution in [0.25, 0.3) is 22.3 Å². The molecule has 5 nitrogen and oxygen atoms in total. The zero-order chi connectivity index (χ0) is 16.4. The van der Waals surface area contributed by atoms with Gasteiger partial charge in [0, 0.05) is 11.6 Å². The van der Waals surface area contributed by atoms with Gasteiger partial charge < -0.3 is 13.9 Å². The molecule has 0 radical (unpaired) electrons. The van der Waals surface area contributed by atoms with Crippen LogP contribution in [0.5, 0.6) is 5.75 Å². The Bertz CT molecular complexity index is 925. The second kappa shape index (κ2) is 5.96. The summed E-state index contributed by atoms with van der Waals surface area (Å²) in [7, 11) is 2.73. The maximum atomic E-state index is 12.4. The summed E-state index contributed by atoms with van der Waals surface area (Å²) in [5.74, 6) is 0.196. The zero-order valence-corrected chi connectivity index (χ0v) is 12.7. The summed E-state index contributed by atoms with van der Waals surface area (Å²) in [6.45, 7) is 0. The van der Waals surface area contributed by atoms with Gasteiger partial charge in [-0.3, -0.25) is 4.79 Å². The smallest absolute Gasteiger partial charge is 0.338 e. The van der Waals surface area contributed by atoms with Crippen molar-refractivity contribution < 1.29 is 18.7 Å². The van der Waals surface area contributed by atoms with Gasteiger partial charge in [0.1, 0.15) is 5.76 Å². The predicted molar refractivity (Wildman–Crippen MR) is 85.8 cm³/mol. The molecule has 0 amide bonds. The zero-order valence-electron chi connectivity index (χ0n) is 12.7. The fraction of sp³-hybridized carbons (Fsp3) is 0.111. The van der Waals surface area contributed by atoms with E-state index in [1.807, 2.05) is 30.3 Å². The van der Waals surface area contributed by atoms with Crippen molar-refractivity contribution in [3.8, 4) is 17.1 Å². The molecule has 0 N–H and O–H groups in total. The third kappa shape index (κ3) is 2.68. The van der Waals surface area contributed by atoms with Gasteiger partial charge in [0.15, 0.2) is 16.8 Å². The highest BCUT2D eigenvalue weighted by molar-refractivity contribution is 5.96. The van der Waals surface area contributed by atoms with Crippen molar-refractivity contribution in [3.05, 3.63) is 64.3 Å². The Morgan fingerprint density at radius 3 is 2.43 bits per heavy atom. The molecule has 0 saturated heterocycles. The summed E-state index contributed by atoms with van der Waals surface area (Å²) in [4.78, 5) is 24.2. The number of esters is 1. The first kappa shape index (κ1) is 14.8. The molecule has 0 saturated carbocycles. The highest BCUT2D eigenvalue weighted by atomic mass is 16.5. The summed E-state index contributed by atoms with van der Waals surface area (Å²) in [5.41, 5.74) is 1.06. The summed E-state index contributed by atoms with van der Waals surface area (Å²) in [6.07, 6.45) is 0. The Balaban J connectivity index is 2.29. The minimum absolute atomic E-state index is 0.233. The van der Waals surface area contributed by atoms with Gasteiger partial charge >= 0.3 is 5.97 Å². The van der Waals surface area contributed by atoms with Gasteiger partial charge in [0.25, 0.3) is 0 Å². The van der Waals surface area contributed by atoms with Gasteiger partial charge in [0.05, 0.1) is 25.2 Å². The van der Waals surface area contributed by atoms with E-state index in [1.165, 1.54) is 32.4 Å². The minimum atomic E-state index is -0.545. The van der Waals surface area contributed by atoms with Gasteiger partial charge in [0.2, 0.25) is 0 Å². The molecule has 3 rings (SSSR count). The average Bonchev–Trinajstić information content (AvgIpc) is 2.61. The first-order valence-electron chi connectivity index (χ1n) is 6.93. The third-order valence-corrected chi connectivity index (χ3v) is 3.49. The molecular weight excluding hydrogens is 296 g/mol. The summed E-state index contributed by atoms with van der Waals surface area (Å²) < 4.78 is 15.8. The maximum Gasteiger partial charge on any atom is 0.338 e. The van der Waals surface area contributed by atoms with E-state index in [4.69, 9.17) is 13.9 Å². The summed E-state index contributed by atoms with van der Waals surface area (Å²) in [5, 5.41) is 0.268. The van der Waals surface area contributed by atoms with Crippen LogP contribution in [0.15, 0.2) is 57.7 Å². The maximum absolute atomic E-state index is 12.4. The number of carbonyl (C=O) groups excluding carboxylic acids is 1. The predicted octanol–water partition coefficient (Wildman–Crippen LogP) is 3.26. The molecule has 2 aromatic carbocycles. The second-order valence-electron chi connectivity index (χ2n) is 4.89. The number of rotatable bonds is 3. The van der Waals surface area contributed by atoms with E-state index < -0.39 is 5.97 Å². The molecule has 0 unspecified atom stereocenters. The van der Waals surface area contributed by atoms with Crippen LogP contribution in [0.3, 0.4) is 0 Å². The molecule has 0 spiro atoms. The lowest BCUT2D eigenvalue weighted by molar-refractivity contribution is 0.0600. The van der Waals surface area contributed by atoms with Crippen LogP contribution in [0.1, 0.15) is 10.4 Å². The Morgan fingerprint density at radius 2 is 1.78 bits per heavy atom. The van der Waals surface area contributed by atoms with E-state index in [-0.39, 0.29) is 16.4 Å². The van der Waals surface area contributed by atoms with Crippen molar-refractivity contribution in [2.24, 2.45) is 0 Å². The van der Waals surface area contributed by atoms with Gasteiger partial charge in [-0.1, -0.05) is 30.3 Å². The standard InChI is InChI=1S/C18H14O5/c1-21-16-9-12(18(20)22-2)8-13-14(19)10-15(23-17(13)16)11-6-4-3-5-7-11/h3-10H,1-2H3. The van der Waals surface area contributed by atoms with E-state index in [0.29, 0.717) is 17.1 Å². The van der Waals surface area contributed by atoms with Crippen LogP contribution >= 0.6 is 0 Å². The fourth-order valence-electron chi connectivity index (χ4n) is 2.36. The molecule has 5 heteroatoms. The van der Waals surface area contributed by atoms with Crippen LogP contribution in [0, 0.1) is 0 Å². The lowest BCUT2D eigenvalue weighted by atomic mass is 10.1. The number of benzene rings is 2. The molecular formula is C18H14O5. The largest absolute Gasteiger partial charge is 0.493 e. The van der Waals surface area contributed by atoms with Crippen molar-refractivity contribution in [1.29, 1.82) is 0 Å². The molecule has 0 fully saturated rings. The van der Waals surface area contributed by atoms with E-state index in [2.05, 4.69) is 0 Å². The number of carbonyl (C=O) groups is 1. The molecule has 0 aliphatic carbocycles. The van der Waals surface area contributed by atoms with Crippen molar-refractivity contribution in [2.45, 2.75) is 0 Å². The number of hydrogen-bond donors (Lipinski definition) is 0. The molecule has 1 aromatic heterocycles. The molecule has 116 valence electrons. The van der Waals surface area contributed by atoms with Gasteiger partial charge in [-0.15, -0.1) is 0 Å². The van der Waals surface area contributed by atoms with Crippen LogP contribution < -0.4 is 10.2 Å². The Labute approximate surface area is 132 Å². The topological polar surface area (TPSA) is 65.7 Å². The van der Waals surface area contributed by atoms with Crippen molar-refractivity contribution in [2.75, 3.05) is 14.2 Å². The highest BCUT2D eigenvalue weighted by Gasteiger charge is 2.16. The van der Waals surface area contributed by atoms with Crippen molar-refractivity contribution >= 4 is 16.9 Å². The van der Waals surface area contributed by atoms with E-state index in [1.54, 1.807) is 0 Å². The average molecular weight is 310 g/mol. The quantitative estimate of drug-likeness (QED) is 0.695. The summed E-state index contributed by atoms with van der Waals surface area (Å²) in [6, 6.07) is 13.6. The number of hydrogen-bond acceptors (Lipinski definition) is 5. The first-order chi connectivity index (χ1) is 11.1. The molecule has 0 aliphatic heterocycles. The van der Waals surface area contributed by atoms with Crippen LogP contribution in [0.2, 0.25) is 0 Å². The Hall–Kier alpha value is -3.08. The van der Waals surface area contributed by atoms with E-state index in [9.17, 15) is 9.59 Å². The second-order valence-corrected chi connectivity index (χ2v) is 4.89. The fourth-order valence-corrected chi connectivity index (χ4v) is 2.36. The number of fused-ring (bicyclic) bond motifs is 1. The van der Waals surface area contributed by atoms with Gasteiger partial charge in [-0.25, -0.2) is 4.79 Å². The molecule has 3 aromatic rings. The Morgan fingerprint density at radius 1 is 1.04 bits per heavy atom. The first-order valence-corrected chi connectivity index (χ1v) is 6.93. The highest BCUT2D eigenvalue weighted by Crippen LogP contribution is 2.30. The lowest BCUT2D eigenvalue weighted by Crippen LogP contribution is -2.06. The molecule has 0 aliphatic rings. The normalized spacial score (nSPS) is 10.5. The van der Waals surface area contributed by atoms with Gasteiger partial charge in [-0.2, -0.15) is 0 Å². The number of ether oxygens (including phenoxy) is 2.